The molecule has 0 heterocycles. The highest BCUT2D eigenvalue weighted by molar-refractivity contribution is 6.31. The maximum Gasteiger partial charge on any atom is 0.255 e. The number of benzene rings is 3. The van der Waals surface area contributed by atoms with E-state index in [4.69, 9.17) is 11.6 Å². The van der Waals surface area contributed by atoms with E-state index in [1.165, 1.54) is 0 Å². The van der Waals surface area contributed by atoms with Crippen molar-refractivity contribution in [2.24, 2.45) is 0 Å². The minimum absolute atomic E-state index is 0.0958. The van der Waals surface area contributed by atoms with Crippen LogP contribution < -0.4 is 5.32 Å². The standard InChI is InChI=1S/C23H21ClN2O2/c1-16-8-13-20(24)14-21(16)25-22(27)18-9-11-19(12-10-18)23(28)26(2)15-17-6-4-3-5-7-17/h3-14H,15H2,1-2H3,(H,25,27). The molecule has 0 radical (unpaired) electrons. The fourth-order valence-corrected chi connectivity index (χ4v) is 3.01. The summed E-state index contributed by atoms with van der Waals surface area (Å²) in [5.74, 6) is -0.344. The molecule has 142 valence electrons. The Hall–Kier alpha value is -3.11. The summed E-state index contributed by atoms with van der Waals surface area (Å²) >= 11 is 6.00. The second-order valence-electron chi connectivity index (χ2n) is 6.64. The summed E-state index contributed by atoms with van der Waals surface area (Å²) in [6.07, 6.45) is 0. The maximum atomic E-state index is 12.6. The van der Waals surface area contributed by atoms with Gasteiger partial charge in [-0.05, 0) is 54.4 Å². The Morgan fingerprint density at radius 3 is 2.25 bits per heavy atom. The van der Waals surface area contributed by atoms with Gasteiger partial charge < -0.3 is 10.2 Å². The third-order valence-electron chi connectivity index (χ3n) is 4.45. The lowest BCUT2D eigenvalue weighted by atomic mass is 10.1. The molecule has 0 saturated carbocycles. The van der Waals surface area contributed by atoms with E-state index in [0.29, 0.717) is 28.4 Å². The van der Waals surface area contributed by atoms with Crippen molar-refractivity contribution in [2.75, 3.05) is 12.4 Å². The molecule has 0 aliphatic heterocycles. The van der Waals surface area contributed by atoms with Crippen molar-refractivity contribution in [3.05, 3.63) is 100 Å². The lowest BCUT2D eigenvalue weighted by molar-refractivity contribution is 0.0784. The highest BCUT2D eigenvalue weighted by Crippen LogP contribution is 2.21. The Labute approximate surface area is 169 Å². The lowest BCUT2D eigenvalue weighted by Gasteiger charge is -2.17. The first-order chi connectivity index (χ1) is 13.4. The molecule has 3 rings (SSSR count). The number of hydrogen-bond donors (Lipinski definition) is 1. The van der Waals surface area contributed by atoms with Gasteiger partial charge in [0.05, 0.1) is 0 Å². The van der Waals surface area contributed by atoms with Gasteiger partial charge in [0.15, 0.2) is 0 Å². The molecule has 2 amide bonds. The van der Waals surface area contributed by atoms with Crippen LogP contribution in [0.4, 0.5) is 5.69 Å². The quantitative estimate of drug-likeness (QED) is 0.650. The Morgan fingerprint density at radius 2 is 1.57 bits per heavy atom. The topological polar surface area (TPSA) is 49.4 Å². The van der Waals surface area contributed by atoms with E-state index in [1.54, 1.807) is 48.3 Å². The predicted octanol–water partition coefficient (Wildman–Crippen LogP) is 5.17. The van der Waals surface area contributed by atoms with Crippen LogP contribution in [0.1, 0.15) is 31.8 Å². The van der Waals surface area contributed by atoms with E-state index in [0.717, 1.165) is 11.1 Å². The molecule has 0 spiro atoms. The largest absolute Gasteiger partial charge is 0.337 e. The second-order valence-corrected chi connectivity index (χ2v) is 7.07. The number of carbonyl (C=O) groups excluding carboxylic acids is 2. The zero-order chi connectivity index (χ0) is 20.1. The van der Waals surface area contributed by atoms with Crippen LogP contribution in [0.5, 0.6) is 0 Å². The van der Waals surface area contributed by atoms with Gasteiger partial charge in [0.2, 0.25) is 0 Å². The van der Waals surface area contributed by atoms with Gasteiger partial charge in [-0.15, -0.1) is 0 Å². The summed E-state index contributed by atoms with van der Waals surface area (Å²) in [5.41, 5.74) is 3.66. The van der Waals surface area contributed by atoms with Crippen molar-refractivity contribution in [1.29, 1.82) is 0 Å². The van der Waals surface area contributed by atoms with Crippen molar-refractivity contribution >= 4 is 29.1 Å². The number of hydrogen-bond acceptors (Lipinski definition) is 2. The minimum atomic E-state index is -0.248. The van der Waals surface area contributed by atoms with Crippen LogP contribution in [-0.2, 0) is 6.54 Å². The maximum absolute atomic E-state index is 12.6. The smallest absolute Gasteiger partial charge is 0.255 e. The van der Waals surface area contributed by atoms with Crippen molar-refractivity contribution in [3.8, 4) is 0 Å². The van der Waals surface area contributed by atoms with Crippen molar-refractivity contribution in [3.63, 3.8) is 0 Å². The number of carbonyl (C=O) groups is 2. The van der Waals surface area contributed by atoms with Crippen molar-refractivity contribution in [2.45, 2.75) is 13.5 Å². The molecule has 0 aliphatic rings. The third kappa shape index (κ3) is 4.78. The second kappa shape index (κ2) is 8.72. The molecule has 0 bridgehead atoms. The van der Waals surface area contributed by atoms with Crippen LogP contribution in [0.25, 0.3) is 0 Å². The molecule has 0 unspecified atom stereocenters. The molecule has 0 atom stereocenters. The average Bonchev–Trinajstić information content (AvgIpc) is 2.71. The normalized spacial score (nSPS) is 10.4. The fourth-order valence-electron chi connectivity index (χ4n) is 2.84. The summed E-state index contributed by atoms with van der Waals surface area (Å²) in [6.45, 7) is 2.42. The number of halogens is 1. The molecular formula is C23H21ClN2O2. The molecular weight excluding hydrogens is 372 g/mol. The molecule has 28 heavy (non-hydrogen) atoms. The summed E-state index contributed by atoms with van der Waals surface area (Å²) in [7, 11) is 1.76. The molecule has 5 heteroatoms. The van der Waals surface area contributed by atoms with Crippen LogP contribution in [0.3, 0.4) is 0 Å². The van der Waals surface area contributed by atoms with Crippen LogP contribution in [-0.4, -0.2) is 23.8 Å². The zero-order valence-electron chi connectivity index (χ0n) is 15.8. The Bertz CT molecular complexity index is 985. The summed E-state index contributed by atoms with van der Waals surface area (Å²) in [5, 5.41) is 3.41. The number of aryl methyl sites for hydroxylation is 1. The van der Waals surface area contributed by atoms with Gasteiger partial charge in [-0.1, -0.05) is 48.0 Å². The zero-order valence-corrected chi connectivity index (χ0v) is 16.5. The molecule has 0 aliphatic carbocycles. The first kappa shape index (κ1) is 19.6. The SMILES string of the molecule is Cc1ccc(Cl)cc1NC(=O)c1ccc(C(=O)N(C)Cc2ccccc2)cc1. The number of nitrogens with one attached hydrogen (secondary N) is 1. The van der Waals surface area contributed by atoms with Crippen molar-refractivity contribution in [1.82, 2.24) is 4.90 Å². The van der Waals surface area contributed by atoms with E-state index in [9.17, 15) is 9.59 Å². The highest BCUT2D eigenvalue weighted by Gasteiger charge is 2.14. The third-order valence-corrected chi connectivity index (χ3v) is 4.69. The van der Waals surface area contributed by atoms with Gasteiger partial charge >= 0.3 is 0 Å². The monoisotopic (exact) mass is 392 g/mol. The van der Waals surface area contributed by atoms with E-state index < -0.39 is 0 Å². The van der Waals surface area contributed by atoms with Crippen LogP contribution in [0.2, 0.25) is 5.02 Å². The molecule has 1 N–H and O–H groups in total. The number of rotatable bonds is 5. The van der Waals surface area contributed by atoms with E-state index in [2.05, 4.69) is 5.32 Å². The van der Waals surface area contributed by atoms with Gasteiger partial charge in [-0.2, -0.15) is 0 Å². The van der Waals surface area contributed by atoms with E-state index >= 15 is 0 Å². The summed E-state index contributed by atoms with van der Waals surface area (Å²) < 4.78 is 0. The first-order valence-corrected chi connectivity index (χ1v) is 9.29. The van der Waals surface area contributed by atoms with E-state index in [-0.39, 0.29) is 11.8 Å². The molecule has 3 aromatic rings. The molecule has 3 aromatic carbocycles. The van der Waals surface area contributed by atoms with Crippen molar-refractivity contribution < 1.29 is 9.59 Å². The molecule has 0 aromatic heterocycles. The van der Waals surface area contributed by atoms with E-state index in [1.807, 2.05) is 43.3 Å². The van der Waals surface area contributed by atoms with Gasteiger partial charge in [0.1, 0.15) is 0 Å². The molecule has 0 fully saturated rings. The van der Waals surface area contributed by atoms with Gasteiger partial charge in [0, 0.05) is 35.4 Å². The summed E-state index contributed by atoms with van der Waals surface area (Å²) in [4.78, 5) is 26.8. The number of anilines is 1. The number of nitrogens with zero attached hydrogens (tertiary/aromatic N) is 1. The van der Waals surface area contributed by atoms with Crippen LogP contribution >= 0.6 is 11.6 Å². The average molecular weight is 393 g/mol. The minimum Gasteiger partial charge on any atom is -0.337 e. The Morgan fingerprint density at radius 1 is 0.929 bits per heavy atom. The van der Waals surface area contributed by atoms with Crippen LogP contribution in [0, 0.1) is 6.92 Å². The number of amides is 2. The first-order valence-electron chi connectivity index (χ1n) is 8.91. The lowest BCUT2D eigenvalue weighted by Crippen LogP contribution is -2.26. The molecule has 4 nitrogen and oxygen atoms in total. The van der Waals surface area contributed by atoms with Gasteiger partial charge in [-0.25, -0.2) is 0 Å². The Kier molecular flexibility index (Phi) is 6.12. The predicted molar refractivity (Wildman–Crippen MR) is 113 cm³/mol. The van der Waals surface area contributed by atoms with Gasteiger partial charge in [-0.3, -0.25) is 9.59 Å². The highest BCUT2D eigenvalue weighted by atomic mass is 35.5. The van der Waals surface area contributed by atoms with Crippen LogP contribution in [0.15, 0.2) is 72.8 Å². The Balaban J connectivity index is 1.67. The summed E-state index contributed by atoms with van der Waals surface area (Å²) in [6, 6.07) is 21.8. The molecule has 0 saturated heterocycles. The van der Waals surface area contributed by atoms with Gasteiger partial charge in [0.25, 0.3) is 11.8 Å². The fraction of sp³-hybridized carbons (Fsp3) is 0.130.